The Balaban J connectivity index is 2.14. The number of anilines is 1. The number of amides is 1. The van der Waals surface area contributed by atoms with Crippen molar-refractivity contribution in [3.8, 4) is 0 Å². The number of hydrogen-bond donors (Lipinski definition) is 0. The van der Waals surface area contributed by atoms with E-state index >= 15 is 0 Å². The monoisotopic (exact) mass is 463 g/mol. The summed E-state index contributed by atoms with van der Waals surface area (Å²) in [5, 5.41) is 0. The number of hydrogen-bond acceptors (Lipinski definition) is 7. The molecule has 8 nitrogen and oxygen atoms in total. The third-order valence-electron chi connectivity index (χ3n) is 4.81. The molecule has 0 spiro atoms. The van der Waals surface area contributed by atoms with Crippen molar-refractivity contribution in [2.45, 2.75) is 43.7 Å². The molecular formula is C19H20F3NO7S. The lowest BCUT2D eigenvalue weighted by Gasteiger charge is -2.31. The highest BCUT2D eigenvalue weighted by Gasteiger charge is 2.56. The number of rotatable bonds is 3. The normalized spacial score (nSPS) is 20.6. The molecule has 1 amide bonds. The molecule has 1 aliphatic heterocycles. The highest BCUT2D eigenvalue weighted by Crippen LogP contribution is 2.51. The van der Waals surface area contributed by atoms with Crippen molar-refractivity contribution in [1.29, 1.82) is 0 Å². The van der Waals surface area contributed by atoms with Gasteiger partial charge in [0.25, 0.3) is 0 Å². The Morgan fingerprint density at radius 1 is 1.16 bits per heavy atom. The molecule has 0 saturated carbocycles. The zero-order valence-corrected chi connectivity index (χ0v) is 17.9. The van der Waals surface area contributed by atoms with Crippen molar-refractivity contribution in [1.82, 2.24) is 0 Å². The van der Waals surface area contributed by atoms with E-state index in [2.05, 4.69) is 4.18 Å². The molecule has 0 fully saturated rings. The summed E-state index contributed by atoms with van der Waals surface area (Å²) in [7, 11) is -4.80. The molecule has 31 heavy (non-hydrogen) atoms. The number of alkyl halides is 3. The lowest BCUT2D eigenvalue weighted by molar-refractivity contribution is -0.146. The van der Waals surface area contributed by atoms with Crippen LogP contribution in [0.5, 0.6) is 0 Å². The molecule has 1 atom stereocenters. The van der Waals surface area contributed by atoms with Crippen LogP contribution in [0.25, 0.3) is 5.76 Å². The van der Waals surface area contributed by atoms with E-state index in [1.54, 1.807) is 20.8 Å². The number of carbonyl (C=O) groups excluding carboxylic acids is 2. The van der Waals surface area contributed by atoms with Crippen LogP contribution in [0.2, 0.25) is 0 Å². The highest BCUT2D eigenvalue weighted by atomic mass is 32.2. The minimum Gasteiger partial charge on any atom is -0.468 e. The van der Waals surface area contributed by atoms with E-state index < -0.39 is 44.5 Å². The van der Waals surface area contributed by atoms with Crippen LogP contribution in [0.3, 0.4) is 0 Å². The second kappa shape index (κ2) is 7.14. The summed E-state index contributed by atoms with van der Waals surface area (Å²) in [4.78, 5) is 26.7. The van der Waals surface area contributed by atoms with Gasteiger partial charge >= 0.3 is 27.7 Å². The maximum Gasteiger partial charge on any atom is 0.534 e. The van der Waals surface area contributed by atoms with E-state index in [4.69, 9.17) is 9.47 Å². The third-order valence-corrected chi connectivity index (χ3v) is 5.78. The fourth-order valence-corrected chi connectivity index (χ4v) is 4.11. The lowest BCUT2D eigenvalue weighted by atomic mass is 9.73. The first-order chi connectivity index (χ1) is 14.1. The zero-order chi connectivity index (χ0) is 23.4. The summed E-state index contributed by atoms with van der Waals surface area (Å²) < 4.78 is 76.2. The number of halogens is 3. The van der Waals surface area contributed by atoms with Gasteiger partial charge in [0.05, 0.1) is 12.8 Å². The van der Waals surface area contributed by atoms with Crippen LogP contribution in [-0.4, -0.2) is 45.2 Å². The van der Waals surface area contributed by atoms with E-state index in [1.807, 2.05) is 0 Å². The first-order valence-corrected chi connectivity index (χ1v) is 10.5. The van der Waals surface area contributed by atoms with Gasteiger partial charge in [-0.1, -0.05) is 12.1 Å². The quantitative estimate of drug-likeness (QED) is 0.385. The van der Waals surface area contributed by atoms with Crippen LogP contribution in [-0.2, 0) is 34.0 Å². The molecule has 1 aromatic rings. The third kappa shape index (κ3) is 3.84. The van der Waals surface area contributed by atoms with Crippen LogP contribution in [0.4, 0.5) is 23.7 Å². The van der Waals surface area contributed by atoms with Gasteiger partial charge in [0, 0.05) is 17.7 Å². The number of ether oxygens (including phenoxy) is 2. The molecule has 12 heteroatoms. The van der Waals surface area contributed by atoms with Gasteiger partial charge in [-0.3, -0.25) is 9.69 Å². The molecule has 0 N–H and O–H groups in total. The van der Waals surface area contributed by atoms with E-state index in [1.165, 1.54) is 23.1 Å². The first-order valence-electron chi connectivity index (χ1n) is 9.07. The Morgan fingerprint density at radius 2 is 1.81 bits per heavy atom. The molecule has 2 aliphatic rings. The van der Waals surface area contributed by atoms with Gasteiger partial charge in [-0.05, 0) is 39.3 Å². The molecule has 0 radical (unpaired) electrons. The molecule has 0 bridgehead atoms. The average Bonchev–Trinajstić information content (AvgIpc) is 2.98. The second-order valence-corrected chi connectivity index (χ2v) is 9.63. The fourth-order valence-electron chi connectivity index (χ4n) is 3.62. The molecule has 170 valence electrons. The van der Waals surface area contributed by atoms with Gasteiger partial charge < -0.3 is 13.7 Å². The van der Waals surface area contributed by atoms with E-state index in [9.17, 15) is 31.2 Å². The minimum absolute atomic E-state index is 0.0620. The molecule has 1 aromatic carbocycles. The highest BCUT2D eigenvalue weighted by molar-refractivity contribution is 7.87. The summed E-state index contributed by atoms with van der Waals surface area (Å²) in [5.74, 6) is -1.32. The zero-order valence-electron chi connectivity index (χ0n) is 17.1. The molecule has 3 rings (SSSR count). The molecule has 0 saturated heterocycles. The van der Waals surface area contributed by atoms with Crippen LogP contribution in [0, 0.1) is 0 Å². The van der Waals surface area contributed by atoms with E-state index in [-0.39, 0.29) is 29.8 Å². The van der Waals surface area contributed by atoms with Crippen molar-refractivity contribution in [3.63, 3.8) is 0 Å². The maximum absolute atomic E-state index is 12.8. The van der Waals surface area contributed by atoms with Gasteiger partial charge in [0.15, 0.2) is 0 Å². The second-order valence-electron chi connectivity index (χ2n) is 8.10. The van der Waals surface area contributed by atoms with Crippen LogP contribution in [0.1, 0.15) is 38.3 Å². The van der Waals surface area contributed by atoms with Gasteiger partial charge in [-0.2, -0.15) is 21.6 Å². The van der Waals surface area contributed by atoms with Crippen molar-refractivity contribution in [2.75, 3.05) is 18.6 Å². The van der Waals surface area contributed by atoms with Gasteiger partial charge in [-0.25, -0.2) is 4.79 Å². The number of methoxy groups -OCH3 is 1. The Morgan fingerprint density at radius 3 is 2.35 bits per heavy atom. The summed E-state index contributed by atoms with van der Waals surface area (Å²) in [6.07, 6.45) is 0.0559. The lowest BCUT2D eigenvalue weighted by Crippen LogP contribution is -2.45. The molecular weight excluding hydrogens is 443 g/mol. The summed E-state index contributed by atoms with van der Waals surface area (Å²) in [6, 6.07) is 4.20. The Hall–Kier alpha value is -2.76. The van der Waals surface area contributed by atoms with Crippen molar-refractivity contribution in [2.24, 2.45) is 0 Å². The molecule has 0 aromatic heterocycles. The van der Waals surface area contributed by atoms with E-state index in [0.29, 0.717) is 0 Å². The number of allylic oxidation sites excluding steroid dienone is 1. The summed E-state index contributed by atoms with van der Waals surface area (Å²) in [5.41, 5.74) is -7.66. The van der Waals surface area contributed by atoms with Crippen molar-refractivity contribution < 1.29 is 44.8 Å². The molecule has 1 aliphatic carbocycles. The minimum atomic E-state index is -5.94. The Labute approximate surface area is 176 Å². The molecule has 1 unspecified atom stereocenters. The van der Waals surface area contributed by atoms with E-state index in [0.717, 1.165) is 13.2 Å². The predicted molar refractivity (Wildman–Crippen MR) is 102 cm³/mol. The SMILES string of the molecule is COC(=O)C12CC=C(OS(=O)(=O)C(F)(F)F)c3cccc(c31)N(C(=O)OC(C)(C)C)C2. The topological polar surface area (TPSA) is 99.2 Å². The molecule has 1 heterocycles. The Kier molecular flexibility index (Phi) is 5.28. The number of benzene rings is 1. The van der Waals surface area contributed by atoms with Crippen LogP contribution in [0.15, 0.2) is 24.3 Å². The Bertz CT molecular complexity index is 1070. The smallest absolute Gasteiger partial charge is 0.468 e. The number of carbonyl (C=O) groups is 2. The number of nitrogens with zero attached hydrogens (tertiary/aromatic N) is 1. The maximum atomic E-state index is 12.8. The summed E-state index contributed by atoms with van der Waals surface area (Å²) >= 11 is 0. The first kappa shape index (κ1) is 22.9. The van der Waals surface area contributed by atoms with Gasteiger partial charge in [-0.15, -0.1) is 0 Å². The van der Waals surface area contributed by atoms with Gasteiger partial charge in [0.1, 0.15) is 16.8 Å². The van der Waals surface area contributed by atoms with Crippen molar-refractivity contribution >= 4 is 33.6 Å². The van der Waals surface area contributed by atoms with Gasteiger partial charge in [0.2, 0.25) is 0 Å². The van der Waals surface area contributed by atoms with Crippen molar-refractivity contribution in [3.05, 3.63) is 35.4 Å². The average molecular weight is 463 g/mol. The predicted octanol–water partition coefficient (Wildman–Crippen LogP) is 3.46. The standard InChI is InChI=1S/C19H20F3NO7S/c1-17(2,3)29-16(25)23-10-18(15(24)28-4)9-8-13(30-31(26,27)19(20,21)22)11-6-5-7-12(23)14(11)18/h5-8H,9-10H2,1-4H3. The van der Waals surface area contributed by atoms with Crippen LogP contribution >= 0.6 is 0 Å². The largest absolute Gasteiger partial charge is 0.534 e. The van der Waals surface area contributed by atoms with Crippen LogP contribution < -0.4 is 4.90 Å². The number of esters is 1. The summed E-state index contributed by atoms with van der Waals surface area (Å²) in [6.45, 7) is 4.76. The fraction of sp³-hybridized carbons (Fsp3) is 0.474.